The highest BCUT2D eigenvalue weighted by molar-refractivity contribution is 7.91. The summed E-state index contributed by atoms with van der Waals surface area (Å²) in [6.07, 6.45) is 5.71. The Morgan fingerprint density at radius 3 is 2.75 bits per heavy atom. The standard InChI is InChI=1S/C18H19N3O2S/c22-24(23,15-7-2-1-3-8-15)17-13-21(12-14-6-4-10-19-14)18-16(17)9-5-11-20-18/h1-3,5,7-9,11,13-14,19H,4,6,10,12H2/t14-/m1/s1. The lowest BCUT2D eigenvalue weighted by atomic mass is 10.2. The largest absolute Gasteiger partial charge is 0.330 e. The summed E-state index contributed by atoms with van der Waals surface area (Å²) in [6, 6.07) is 12.5. The molecule has 1 atom stereocenters. The molecule has 6 heteroatoms. The summed E-state index contributed by atoms with van der Waals surface area (Å²) in [4.78, 5) is 5.06. The second-order valence-electron chi connectivity index (χ2n) is 6.13. The molecule has 124 valence electrons. The van der Waals surface area contributed by atoms with Gasteiger partial charge < -0.3 is 9.88 Å². The molecule has 24 heavy (non-hydrogen) atoms. The molecule has 1 N–H and O–H groups in total. The molecule has 0 bridgehead atoms. The Morgan fingerprint density at radius 1 is 1.17 bits per heavy atom. The van der Waals surface area contributed by atoms with Crippen molar-refractivity contribution in [3.05, 3.63) is 54.9 Å². The smallest absolute Gasteiger partial charge is 0.208 e. The van der Waals surface area contributed by atoms with Crippen LogP contribution in [0.3, 0.4) is 0 Å². The molecule has 0 spiro atoms. The molecule has 1 aliphatic heterocycles. The molecule has 0 saturated carbocycles. The lowest BCUT2D eigenvalue weighted by Gasteiger charge is -2.11. The van der Waals surface area contributed by atoms with Crippen molar-refractivity contribution in [2.75, 3.05) is 6.54 Å². The first-order chi connectivity index (χ1) is 11.7. The molecule has 1 aromatic carbocycles. The minimum Gasteiger partial charge on any atom is -0.330 e. The molecule has 1 saturated heterocycles. The Balaban J connectivity index is 1.84. The van der Waals surface area contributed by atoms with Crippen molar-refractivity contribution in [3.8, 4) is 0 Å². The van der Waals surface area contributed by atoms with Crippen molar-refractivity contribution >= 4 is 20.9 Å². The van der Waals surface area contributed by atoms with E-state index in [4.69, 9.17) is 0 Å². The summed E-state index contributed by atoms with van der Waals surface area (Å²) < 4.78 is 28.0. The van der Waals surface area contributed by atoms with Crippen molar-refractivity contribution in [1.82, 2.24) is 14.9 Å². The molecule has 5 nitrogen and oxygen atoms in total. The molecule has 0 amide bonds. The molecule has 0 aliphatic carbocycles. The summed E-state index contributed by atoms with van der Waals surface area (Å²) in [7, 11) is -3.56. The second-order valence-corrected chi connectivity index (χ2v) is 8.05. The van der Waals surface area contributed by atoms with Crippen molar-refractivity contribution < 1.29 is 8.42 Å². The molecule has 3 aromatic rings. The number of benzene rings is 1. The number of sulfone groups is 1. The topological polar surface area (TPSA) is 64.0 Å². The van der Waals surface area contributed by atoms with Crippen LogP contribution in [-0.2, 0) is 16.4 Å². The maximum absolute atomic E-state index is 13.0. The first-order valence-corrected chi connectivity index (χ1v) is 9.62. The van der Waals surface area contributed by atoms with Gasteiger partial charge in [-0.1, -0.05) is 18.2 Å². The van der Waals surface area contributed by atoms with Gasteiger partial charge in [-0.3, -0.25) is 0 Å². The molecular formula is C18H19N3O2S. The summed E-state index contributed by atoms with van der Waals surface area (Å²) in [6.45, 7) is 1.75. The van der Waals surface area contributed by atoms with Crippen LogP contribution in [0.5, 0.6) is 0 Å². The molecule has 0 unspecified atom stereocenters. The normalized spacial score (nSPS) is 18.2. The summed E-state index contributed by atoms with van der Waals surface area (Å²) in [5, 5.41) is 4.13. The van der Waals surface area contributed by atoms with E-state index in [0.717, 1.165) is 31.6 Å². The van der Waals surface area contributed by atoms with Crippen LogP contribution in [0.15, 0.2) is 64.6 Å². The SMILES string of the molecule is O=S(=O)(c1ccccc1)c1cn(C[C@H]2CCCN2)c2ncccc12. The predicted molar refractivity (Wildman–Crippen MR) is 92.7 cm³/mol. The Kier molecular flexibility index (Phi) is 3.86. The van der Waals surface area contributed by atoms with Crippen LogP contribution in [0.2, 0.25) is 0 Å². The number of fused-ring (bicyclic) bond motifs is 1. The zero-order valence-electron chi connectivity index (χ0n) is 13.2. The average molecular weight is 341 g/mol. The Hall–Kier alpha value is -2.18. The number of hydrogen-bond acceptors (Lipinski definition) is 4. The highest BCUT2D eigenvalue weighted by Crippen LogP contribution is 2.29. The highest BCUT2D eigenvalue weighted by Gasteiger charge is 2.25. The minimum atomic E-state index is -3.56. The van der Waals surface area contributed by atoms with Crippen molar-refractivity contribution in [1.29, 1.82) is 0 Å². The Labute approximate surface area is 141 Å². The monoisotopic (exact) mass is 341 g/mol. The molecule has 2 aromatic heterocycles. The number of nitrogens with zero attached hydrogens (tertiary/aromatic N) is 2. The van der Waals surface area contributed by atoms with Crippen LogP contribution in [0.25, 0.3) is 11.0 Å². The van der Waals surface area contributed by atoms with Gasteiger partial charge in [-0.05, 0) is 43.7 Å². The van der Waals surface area contributed by atoms with Crippen LogP contribution in [-0.4, -0.2) is 30.6 Å². The fourth-order valence-corrected chi connectivity index (χ4v) is 4.80. The lowest BCUT2D eigenvalue weighted by molar-refractivity contribution is 0.515. The summed E-state index contributed by atoms with van der Waals surface area (Å²) in [5.74, 6) is 0. The van der Waals surface area contributed by atoms with Gasteiger partial charge in [0.25, 0.3) is 0 Å². The average Bonchev–Trinajstić information content (AvgIpc) is 3.25. The van der Waals surface area contributed by atoms with Crippen molar-refractivity contribution in [2.24, 2.45) is 0 Å². The number of rotatable bonds is 4. The lowest BCUT2D eigenvalue weighted by Crippen LogP contribution is -2.26. The minimum absolute atomic E-state index is 0.312. The van der Waals surface area contributed by atoms with Crippen LogP contribution in [0.1, 0.15) is 12.8 Å². The zero-order valence-corrected chi connectivity index (χ0v) is 14.0. The zero-order chi connectivity index (χ0) is 16.6. The fourth-order valence-electron chi connectivity index (χ4n) is 3.32. The quantitative estimate of drug-likeness (QED) is 0.792. The van der Waals surface area contributed by atoms with E-state index < -0.39 is 9.84 Å². The second kappa shape index (κ2) is 6.03. The van der Waals surface area contributed by atoms with E-state index in [0.29, 0.717) is 21.2 Å². The summed E-state index contributed by atoms with van der Waals surface area (Å²) in [5.41, 5.74) is 0.723. The van der Waals surface area contributed by atoms with Gasteiger partial charge in [0, 0.05) is 30.4 Å². The van der Waals surface area contributed by atoms with Gasteiger partial charge >= 0.3 is 0 Å². The number of pyridine rings is 1. The van der Waals surface area contributed by atoms with Gasteiger partial charge in [0.1, 0.15) is 5.65 Å². The van der Waals surface area contributed by atoms with Crippen LogP contribution >= 0.6 is 0 Å². The van der Waals surface area contributed by atoms with E-state index in [-0.39, 0.29) is 0 Å². The van der Waals surface area contributed by atoms with Crippen LogP contribution in [0.4, 0.5) is 0 Å². The third kappa shape index (κ3) is 2.61. The number of aromatic nitrogens is 2. The van der Waals surface area contributed by atoms with Gasteiger partial charge in [-0.25, -0.2) is 13.4 Å². The predicted octanol–water partition coefficient (Wildman–Crippen LogP) is 2.62. The number of hydrogen-bond donors (Lipinski definition) is 1. The molecule has 0 radical (unpaired) electrons. The number of nitrogens with one attached hydrogen (secondary N) is 1. The van der Waals surface area contributed by atoms with E-state index in [1.165, 1.54) is 0 Å². The molecule has 1 fully saturated rings. The molecule has 3 heterocycles. The van der Waals surface area contributed by atoms with E-state index in [1.807, 2.05) is 16.7 Å². The third-order valence-corrected chi connectivity index (χ3v) is 6.32. The maximum atomic E-state index is 13.0. The molecular weight excluding hydrogens is 322 g/mol. The first kappa shape index (κ1) is 15.4. The van der Waals surface area contributed by atoms with E-state index in [1.54, 1.807) is 42.7 Å². The van der Waals surface area contributed by atoms with Gasteiger partial charge in [0.15, 0.2) is 0 Å². The first-order valence-electron chi connectivity index (χ1n) is 8.13. The van der Waals surface area contributed by atoms with E-state index in [9.17, 15) is 8.42 Å². The highest BCUT2D eigenvalue weighted by atomic mass is 32.2. The Bertz CT molecular complexity index is 958. The fraction of sp³-hybridized carbons (Fsp3) is 0.278. The van der Waals surface area contributed by atoms with E-state index in [2.05, 4.69) is 10.3 Å². The molecule has 4 rings (SSSR count). The van der Waals surface area contributed by atoms with Gasteiger partial charge in [-0.15, -0.1) is 0 Å². The summed E-state index contributed by atoms with van der Waals surface area (Å²) >= 11 is 0. The van der Waals surface area contributed by atoms with Gasteiger partial charge in [-0.2, -0.15) is 0 Å². The van der Waals surface area contributed by atoms with Gasteiger partial charge in [0.2, 0.25) is 9.84 Å². The maximum Gasteiger partial charge on any atom is 0.208 e. The Morgan fingerprint density at radius 2 is 2.00 bits per heavy atom. The van der Waals surface area contributed by atoms with Crippen molar-refractivity contribution in [3.63, 3.8) is 0 Å². The third-order valence-electron chi connectivity index (χ3n) is 4.52. The van der Waals surface area contributed by atoms with Gasteiger partial charge in [0.05, 0.1) is 9.79 Å². The van der Waals surface area contributed by atoms with Crippen LogP contribution < -0.4 is 5.32 Å². The molecule has 1 aliphatic rings. The van der Waals surface area contributed by atoms with Crippen molar-refractivity contribution in [2.45, 2.75) is 35.2 Å². The van der Waals surface area contributed by atoms with Crippen LogP contribution in [0, 0.1) is 0 Å². The van der Waals surface area contributed by atoms with E-state index >= 15 is 0 Å².